The molecule has 0 fully saturated rings. The van der Waals surface area contributed by atoms with E-state index in [1.165, 1.54) is 32.7 Å². The first-order valence-corrected chi connectivity index (χ1v) is 9.15. The molecule has 2 nitrogen and oxygen atoms in total. The van der Waals surface area contributed by atoms with Crippen molar-refractivity contribution in [3.05, 3.63) is 108 Å². The molecule has 1 aliphatic rings. The molecule has 0 aliphatic carbocycles. The van der Waals surface area contributed by atoms with Gasteiger partial charge in [0.05, 0.1) is 12.2 Å². The molecule has 1 aliphatic heterocycles. The van der Waals surface area contributed by atoms with Crippen molar-refractivity contribution >= 4 is 21.5 Å². The van der Waals surface area contributed by atoms with Gasteiger partial charge in [0.1, 0.15) is 17.3 Å². The Bertz CT molecular complexity index is 1210. The number of fused-ring (bicyclic) bond motifs is 6. The molecule has 6 rings (SSSR count). The standard InChI is InChI=1S/C25H16O2/c1-3-8-18-16(6-1)11-13-21-23(18)25(20-10-5-15-26-20)24-19-9-4-2-7-17(19)12-14-22(24)27-21/h1-15,25H. The highest BCUT2D eigenvalue weighted by atomic mass is 16.5. The van der Waals surface area contributed by atoms with E-state index < -0.39 is 0 Å². The second-order valence-corrected chi connectivity index (χ2v) is 6.95. The van der Waals surface area contributed by atoms with Gasteiger partial charge < -0.3 is 9.15 Å². The minimum atomic E-state index is -0.00375. The van der Waals surface area contributed by atoms with E-state index in [-0.39, 0.29) is 5.92 Å². The van der Waals surface area contributed by atoms with Crippen LogP contribution in [0.1, 0.15) is 22.8 Å². The van der Waals surface area contributed by atoms with E-state index >= 15 is 0 Å². The van der Waals surface area contributed by atoms with Gasteiger partial charge in [0.2, 0.25) is 0 Å². The summed E-state index contributed by atoms with van der Waals surface area (Å²) in [6.45, 7) is 0. The zero-order chi connectivity index (χ0) is 17.8. The van der Waals surface area contributed by atoms with Crippen LogP contribution in [0.15, 0.2) is 95.6 Å². The van der Waals surface area contributed by atoms with Crippen LogP contribution < -0.4 is 4.74 Å². The summed E-state index contributed by atoms with van der Waals surface area (Å²) in [5.41, 5.74) is 2.35. The number of furan rings is 1. The minimum absolute atomic E-state index is 0.00375. The van der Waals surface area contributed by atoms with Gasteiger partial charge in [-0.3, -0.25) is 0 Å². The summed E-state index contributed by atoms with van der Waals surface area (Å²) in [5.74, 6) is 2.74. The Kier molecular flexibility index (Phi) is 2.97. The molecule has 0 saturated carbocycles. The molecule has 0 saturated heterocycles. The van der Waals surface area contributed by atoms with Crippen molar-refractivity contribution < 1.29 is 9.15 Å². The van der Waals surface area contributed by atoms with Crippen LogP contribution in [0.4, 0.5) is 0 Å². The van der Waals surface area contributed by atoms with Crippen LogP contribution >= 0.6 is 0 Å². The van der Waals surface area contributed by atoms with Crippen molar-refractivity contribution in [2.45, 2.75) is 5.92 Å². The molecule has 0 unspecified atom stereocenters. The summed E-state index contributed by atoms with van der Waals surface area (Å²) in [4.78, 5) is 0. The first-order valence-electron chi connectivity index (χ1n) is 9.15. The normalized spacial score (nSPS) is 13.3. The molecule has 1 aromatic heterocycles. The Hall–Kier alpha value is -3.52. The summed E-state index contributed by atoms with van der Waals surface area (Å²) in [6, 6.07) is 29.4. The molecule has 5 aromatic rings. The lowest BCUT2D eigenvalue weighted by Gasteiger charge is -2.29. The van der Waals surface area contributed by atoms with Crippen molar-refractivity contribution in [2.75, 3.05) is 0 Å². The molecule has 128 valence electrons. The van der Waals surface area contributed by atoms with E-state index in [0.29, 0.717) is 0 Å². The number of benzene rings is 4. The highest BCUT2D eigenvalue weighted by Crippen LogP contribution is 2.52. The first-order chi connectivity index (χ1) is 13.4. The second-order valence-electron chi connectivity index (χ2n) is 6.95. The molecule has 0 radical (unpaired) electrons. The Morgan fingerprint density at radius 3 is 1.70 bits per heavy atom. The zero-order valence-corrected chi connectivity index (χ0v) is 14.6. The monoisotopic (exact) mass is 348 g/mol. The van der Waals surface area contributed by atoms with Gasteiger partial charge in [0.15, 0.2) is 0 Å². The maximum Gasteiger partial charge on any atom is 0.132 e. The number of hydrogen-bond donors (Lipinski definition) is 0. The van der Waals surface area contributed by atoms with Crippen LogP contribution in [0.3, 0.4) is 0 Å². The molecule has 2 heteroatoms. The largest absolute Gasteiger partial charge is 0.468 e. The van der Waals surface area contributed by atoms with Crippen molar-refractivity contribution in [2.24, 2.45) is 0 Å². The highest BCUT2D eigenvalue weighted by Gasteiger charge is 2.33. The van der Waals surface area contributed by atoms with Crippen LogP contribution in [-0.4, -0.2) is 0 Å². The fraction of sp³-hybridized carbons (Fsp3) is 0.0400. The van der Waals surface area contributed by atoms with E-state index in [1.807, 2.05) is 6.07 Å². The fourth-order valence-corrected chi connectivity index (χ4v) is 4.33. The zero-order valence-electron chi connectivity index (χ0n) is 14.6. The van der Waals surface area contributed by atoms with Crippen LogP contribution in [0.25, 0.3) is 21.5 Å². The molecule has 0 bridgehead atoms. The molecule has 0 amide bonds. The number of hydrogen-bond acceptors (Lipinski definition) is 2. The average Bonchev–Trinajstić information content (AvgIpc) is 3.26. The Balaban J connectivity index is 1.77. The van der Waals surface area contributed by atoms with Gasteiger partial charge in [-0.1, -0.05) is 60.7 Å². The fourth-order valence-electron chi connectivity index (χ4n) is 4.33. The quantitative estimate of drug-likeness (QED) is 0.323. The lowest BCUT2D eigenvalue weighted by Crippen LogP contribution is -2.12. The lowest BCUT2D eigenvalue weighted by atomic mass is 9.81. The summed E-state index contributed by atoms with van der Waals surface area (Å²) < 4.78 is 12.3. The number of ether oxygens (including phenoxy) is 1. The lowest BCUT2D eigenvalue weighted by molar-refractivity contribution is 0.436. The summed E-state index contributed by atoms with van der Waals surface area (Å²) in [6.07, 6.45) is 1.75. The molecule has 0 atom stereocenters. The van der Waals surface area contributed by atoms with E-state index in [0.717, 1.165) is 17.3 Å². The third kappa shape index (κ3) is 2.07. The van der Waals surface area contributed by atoms with E-state index in [1.54, 1.807) is 6.26 Å². The van der Waals surface area contributed by atoms with Crippen molar-refractivity contribution in [1.82, 2.24) is 0 Å². The number of rotatable bonds is 1. The van der Waals surface area contributed by atoms with Gasteiger partial charge in [-0.05, 0) is 45.8 Å². The highest BCUT2D eigenvalue weighted by molar-refractivity contribution is 5.94. The Morgan fingerprint density at radius 2 is 1.15 bits per heavy atom. The second kappa shape index (κ2) is 5.49. The Labute approximate surface area is 156 Å². The molecule has 4 aromatic carbocycles. The van der Waals surface area contributed by atoms with Gasteiger partial charge >= 0.3 is 0 Å². The third-order valence-electron chi connectivity index (χ3n) is 5.49. The van der Waals surface area contributed by atoms with Crippen LogP contribution in [0.2, 0.25) is 0 Å². The molecule has 27 heavy (non-hydrogen) atoms. The van der Waals surface area contributed by atoms with Crippen molar-refractivity contribution in [3.63, 3.8) is 0 Å². The van der Waals surface area contributed by atoms with E-state index in [9.17, 15) is 0 Å². The summed E-state index contributed by atoms with van der Waals surface area (Å²) in [7, 11) is 0. The summed E-state index contributed by atoms with van der Waals surface area (Å²) in [5, 5.41) is 4.82. The smallest absolute Gasteiger partial charge is 0.132 e. The van der Waals surface area contributed by atoms with Crippen molar-refractivity contribution in [1.29, 1.82) is 0 Å². The topological polar surface area (TPSA) is 22.4 Å². The van der Waals surface area contributed by atoms with Gasteiger partial charge in [0, 0.05) is 11.1 Å². The third-order valence-corrected chi connectivity index (χ3v) is 5.49. The Morgan fingerprint density at radius 1 is 0.556 bits per heavy atom. The van der Waals surface area contributed by atoms with Crippen LogP contribution in [-0.2, 0) is 0 Å². The van der Waals surface area contributed by atoms with Gasteiger partial charge in [-0.2, -0.15) is 0 Å². The molecule has 0 N–H and O–H groups in total. The van der Waals surface area contributed by atoms with Gasteiger partial charge in [-0.25, -0.2) is 0 Å². The molecule has 0 spiro atoms. The first kappa shape index (κ1) is 14.6. The average molecular weight is 348 g/mol. The summed E-state index contributed by atoms with van der Waals surface area (Å²) >= 11 is 0. The predicted molar refractivity (Wildman–Crippen MR) is 108 cm³/mol. The van der Waals surface area contributed by atoms with Crippen molar-refractivity contribution in [3.8, 4) is 11.5 Å². The van der Waals surface area contributed by atoms with E-state index in [4.69, 9.17) is 9.15 Å². The SMILES string of the molecule is c1coc(C2c3c(ccc4ccccc34)Oc3ccc4ccccc4c32)c1. The predicted octanol–water partition coefficient (Wildman–Crippen LogP) is 6.87. The minimum Gasteiger partial charge on any atom is -0.468 e. The molecule has 2 heterocycles. The van der Waals surface area contributed by atoms with Crippen LogP contribution in [0.5, 0.6) is 11.5 Å². The molecular formula is C25H16O2. The maximum absolute atomic E-state index is 6.38. The van der Waals surface area contributed by atoms with Crippen LogP contribution in [0, 0.1) is 0 Å². The van der Waals surface area contributed by atoms with E-state index in [2.05, 4.69) is 78.9 Å². The van der Waals surface area contributed by atoms with Gasteiger partial charge in [-0.15, -0.1) is 0 Å². The van der Waals surface area contributed by atoms with Gasteiger partial charge in [0.25, 0.3) is 0 Å². The maximum atomic E-state index is 6.38. The molecular weight excluding hydrogens is 332 g/mol.